The van der Waals surface area contributed by atoms with Crippen molar-refractivity contribution in [1.82, 2.24) is 4.90 Å². The topological polar surface area (TPSA) is 38.8 Å². The van der Waals surface area contributed by atoms with Gasteiger partial charge in [-0.1, -0.05) is 31.2 Å². The number of nitrogens with zero attached hydrogens (tertiary/aromatic N) is 1. The quantitative estimate of drug-likeness (QED) is 0.819. The maximum absolute atomic E-state index is 12.7. The minimum absolute atomic E-state index is 0.0796. The lowest BCUT2D eigenvalue weighted by molar-refractivity contribution is 0.0781. The fourth-order valence-electron chi connectivity index (χ4n) is 2.41. The zero-order valence-electron chi connectivity index (χ0n) is 14.1. The number of aryl methyl sites for hydroxylation is 1. The molecule has 0 unspecified atom stereocenters. The van der Waals surface area contributed by atoms with Crippen molar-refractivity contribution in [2.75, 3.05) is 21.3 Å². The van der Waals surface area contributed by atoms with E-state index in [1.807, 2.05) is 0 Å². The number of hydrogen-bond acceptors (Lipinski definition) is 3. The molecule has 0 fully saturated rings. The van der Waals surface area contributed by atoms with Crippen LogP contribution in [0.2, 0.25) is 0 Å². The van der Waals surface area contributed by atoms with E-state index in [1.165, 1.54) is 5.56 Å². The Kier molecular flexibility index (Phi) is 5.63. The predicted octanol–water partition coefficient (Wildman–Crippen LogP) is 3.54. The molecule has 2 aromatic carbocycles. The summed E-state index contributed by atoms with van der Waals surface area (Å²) in [5.41, 5.74) is 2.92. The van der Waals surface area contributed by atoms with Crippen LogP contribution in [0.5, 0.6) is 11.5 Å². The number of amides is 1. The Balaban J connectivity index is 2.15. The van der Waals surface area contributed by atoms with Crippen LogP contribution in [-0.2, 0) is 13.0 Å². The number of carbonyl (C=O) groups is 1. The Morgan fingerprint density at radius 2 is 1.65 bits per heavy atom. The number of methoxy groups -OCH3 is 2. The third-order valence-corrected chi connectivity index (χ3v) is 3.84. The Hall–Kier alpha value is -2.49. The molecule has 0 radical (unpaired) electrons. The molecule has 0 aromatic heterocycles. The minimum atomic E-state index is -0.0796. The molecule has 0 aliphatic heterocycles. The number of rotatable bonds is 6. The van der Waals surface area contributed by atoms with E-state index in [0.717, 1.165) is 12.0 Å². The summed E-state index contributed by atoms with van der Waals surface area (Å²) < 4.78 is 10.5. The van der Waals surface area contributed by atoms with Crippen LogP contribution in [0.4, 0.5) is 0 Å². The first-order valence-corrected chi connectivity index (χ1v) is 7.64. The maximum atomic E-state index is 12.7. The molecule has 4 nitrogen and oxygen atoms in total. The normalized spacial score (nSPS) is 10.3. The molecule has 0 saturated heterocycles. The molecule has 0 atom stereocenters. The minimum Gasteiger partial charge on any atom is -0.497 e. The average molecular weight is 313 g/mol. The molecule has 1 amide bonds. The largest absolute Gasteiger partial charge is 0.497 e. The van der Waals surface area contributed by atoms with Gasteiger partial charge in [0.1, 0.15) is 11.5 Å². The second kappa shape index (κ2) is 7.68. The summed E-state index contributed by atoms with van der Waals surface area (Å²) in [7, 11) is 4.93. The van der Waals surface area contributed by atoms with Crippen molar-refractivity contribution >= 4 is 5.91 Å². The van der Waals surface area contributed by atoms with Crippen molar-refractivity contribution < 1.29 is 14.3 Å². The van der Waals surface area contributed by atoms with Gasteiger partial charge in [-0.2, -0.15) is 0 Å². The Bertz CT molecular complexity index is 665. The fourth-order valence-corrected chi connectivity index (χ4v) is 2.41. The van der Waals surface area contributed by atoms with E-state index in [2.05, 4.69) is 31.2 Å². The molecule has 2 aromatic rings. The van der Waals surface area contributed by atoms with Crippen molar-refractivity contribution in [3.8, 4) is 11.5 Å². The van der Waals surface area contributed by atoms with Crippen LogP contribution in [0.15, 0.2) is 42.5 Å². The van der Waals surface area contributed by atoms with Crippen LogP contribution in [-0.4, -0.2) is 32.1 Å². The summed E-state index contributed by atoms with van der Waals surface area (Å²) in [5.74, 6) is 1.10. The molecule has 0 heterocycles. The molecule has 4 heteroatoms. The van der Waals surface area contributed by atoms with Crippen LogP contribution in [0, 0.1) is 0 Å². The van der Waals surface area contributed by atoms with Gasteiger partial charge < -0.3 is 14.4 Å². The molecule has 0 saturated carbocycles. The van der Waals surface area contributed by atoms with Crippen molar-refractivity contribution in [1.29, 1.82) is 0 Å². The SMILES string of the molecule is CCc1ccc(CN(C)C(=O)c2ccc(OC)cc2OC)cc1. The lowest BCUT2D eigenvalue weighted by Gasteiger charge is -2.19. The van der Waals surface area contributed by atoms with Gasteiger partial charge in [0.15, 0.2) is 0 Å². The zero-order valence-corrected chi connectivity index (χ0v) is 14.1. The highest BCUT2D eigenvalue weighted by Crippen LogP contribution is 2.25. The number of carbonyl (C=O) groups excluding carboxylic acids is 1. The van der Waals surface area contributed by atoms with Crippen molar-refractivity contribution in [3.05, 3.63) is 59.2 Å². The number of ether oxygens (including phenoxy) is 2. The fraction of sp³-hybridized carbons (Fsp3) is 0.316. The second-order valence-electron chi connectivity index (χ2n) is 5.40. The molecular formula is C19H23NO3. The van der Waals surface area contributed by atoms with E-state index in [9.17, 15) is 4.79 Å². The van der Waals surface area contributed by atoms with Gasteiger partial charge in [-0.15, -0.1) is 0 Å². The van der Waals surface area contributed by atoms with Crippen LogP contribution >= 0.6 is 0 Å². The first kappa shape index (κ1) is 16.9. The van der Waals surface area contributed by atoms with Gasteiger partial charge in [-0.3, -0.25) is 4.79 Å². The predicted molar refractivity (Wildman–Crippen MR) is 91.2 cm³/mol. The Labute approximate surface area is 137 Å². The van der Waals surface area contributed by atoms with Crippen LogP contribution in [0.1, 0.15) is 28.4 Å². The first-order chi connectivity index (χ1) is 11.1. The summed E-state index contributed by atoms with van der Waals surface area (Å²) in [5, 5.41) is 0. The average Bonchev–Trinajstić information content (AvgIpc) is 2.61. The Morgan fingerprint density at radius 3 is 2.22 bits per heavy atom. The van der Waals surface area contributed by atoms with Crippen molar-refractivity contribution in [3.63, 3.8) is 0 Å². The molecule has 0 spiro atoms. The highest BCUT2D eigenvalue weighted by molar-refractivity contribution is 5.97. The second-order valence-corrected chi connectivity index (χ2v) is 5.40. The molecule has 0 N–H and O–H groups in total. The summed E-state index contributed by atoms with van der Waals surface area (Å²) in [4.78, 5) is 14.3. The van der Waals surface area contributed by atoms with Gasteiger partial charge in [0.2, 0.25) is 0 Å². The maximum Gasteiger partial charge on any atom is 0.257 e. The summed E-state index contributed by atoms with van der Waals surface area (Å²) in [6.45, 7) is 2.68. The lowest BCUT2D eigenvalue weighted by atomic mass is 10.1. The van der Waals surface area contributed by atoms with Crippen molar-refractivity contribution in [2.45, 2.75) is 19.9 Å². The molecule has 122 valence electrons. The third-order valence-electron chi connectivity index (χ3n) is 3.84. The number of hydrogen-bond donors (Lipinski definition) is 0. The molecule has 2 rings (SSSR count). The van der Waals surface area contributed by atoms with Gasteiger partial charge in [0, 0.05) is 19.7 Å². The van der Waals surface area contributed by atoms with Gasteiger partial charge >= 0.3 is 0 Å². The zero-order chi connectivity index (χ0) is 16.8. The van der Waals surface area contributed by atoms with Gasteiger partial charge in [0.05, 0.1) is 19.8 Å². The Morgan fingerprint density at radius 1 is 1.00 bits per heavy atom. The van der Waals surface area contributed by atoms with Crippen LogP contribution < -0.4 is 9.47 Å². The van der Waals surface area contributed by atoms with E-state index in [1.54, 1.807) is 44.4 Å². The third kappa shape index (κ3) is 4.03. The molecule has 0 aliphatic rings. The van der Waals surface area contributed by atoms with Gasteiger partial charge in [-0.05, 0) is 29.7 Å². The van der Waals surface area contributed by atoms with Crippen LogP contribution in [0.3, 0.4) is 0 Å². The van der Waals surface area contributed by atoms with Crippen LogP contribution in [0.25, 0.3) is 0 Å². The molecule has 0 aliphatic carbocycles. The van der Waals surface area contributed by atoms with Gasteiger partial charge in [-0.25, -0.2) is 0 Å². The van der Waals surface area contributed by atoms with E-state index >= 15 is 0 Å². The highest BCUT2D eigenvalue weighted by Gasteiger charge is 2.17. The standard InChI is InChI=1S/C19H23NO3/c1-5-14-6-8-15(9-7-14)13-20(2)19(21)17-11-10-16(22-3)12-18(17)23-4/h6-12H,5,13H2,1-4H3. The van der Waals surface area contributed by atoms with E-state index in [4.69, 9.17) is 9.47 Å². The summed E-state index contributed by atoms with van der Waals surface area (Å²) in [6.07, 6.45) is 1.01. The van der Waals surface area contributed by atoms with E-state index in [0.29, 0.717) is 23.6 Å². The molecule has 0 bridgehead atoms. The smallest absolute Gasteiger partial charge is 0.257 e. The van der Waals surface area contributed by atoms with Crippen molar-refractivity contribution in [2.24, 2.45) is 0 Å². The van der Waals surface area contributed by atoms with Gasteiger partial charge in [0.25, 0.3) is 5.91 Å². The first-order valence-electron chi connectivity index (χ1n) is 7.64. The lowest BCUT2D eigenvalue weighted by Crippen LogP contribution is -2.26. The van der Waals surface area contributed by atoms with E-state index in [-0.39, 0.29) is 5.91 Å². The number of benzene rings is 2. The van der Waals surface area contributed by atoms with E-state index < -0.39 is 0 Å². The highest BCUT2D eigenvalue weighted by atomic mass is 16.5. The monoisotopic (exact) mass is 313 g/mol. The molecule has 23 heavy (non-hydrogen) atoms. The summed E-state index contributed by atoms with van der Waals surface area (Å²) in [6, 6.07) is 13.5. The molecular weight excluding hydrogens is 290 g/mol. The summed E-state index contributed by atoms with van der Waals surface area (Å²) >= 11 is 0.